The van der Waals surface area contributed by atoms with Crippen LogP contribution in [0.2, 0.25) is 5.02 Å². The van der Waals surface area contributed by atoms with Crippen LogP contribution in [0.15, 0.2) is 46.9 Å². The summed E-state index contributed by atoms with van der Waals surface area (Å²) in [6.45, 7) is 1.98. The Morgan fingerprint density at radius 2 is 2.04 bits per heavy atom. The standard InChI is InChI=1S/C19H15BrClN3O2S/c1-11-4-2-3-5-17(11)24-18(14-9-27(26)10-16(14)23-24)22-19(25)13-8-12(20)6-7-15(13)21/h2-8H,9-10H2,1H3,(H,22,25)/t27-/m0/s1. The van der Waals surface area contributed by atoms with Gasteiger partial charge in [0.25, 0.3) is 5.91 Å². The van der Waals surface area contributed by atoms with Crippen LogP contribution in [0.4, 0.5) is 5.82 Å². The van der Waals surface area contributed by atoms with Crippen LogP contribution in [0.3, 0.4) is 0 Å². The first-order valence-corrected chi connectivity index (χ1v) is 10.9. The molecule has 1 aliphatic heterocycles. The molecule has 0 unspecified atom stereocenters. The fourth-order valence-electron chi connectivity index (χ4n) is 3.08. The van der Waals surface area contributed by atoms with Gasteiger partial charge in [0, 0.05) is 20.8 Å². The molecule has 0 aliphatic carbocycles. The van der Waals surface area contributed by atoms with E-state index in [-0.39, 0.29) is 5.91 Å². The van der Waals surface area contributed by atoms with E-state index < -0.39 is 10.8 Å². The molecular formula is C19H15BrClN3O2S. The molecule has 0 fully saturated rings. The van der Waals surface area contributed by atoms with Crippen LogP contribution >= 0.6 is 27.5 Å². The topological polar surface area (TPSA) is 64.0 Å². The number of carbonyl (C=O) groups excluding carboxylic acids is 1. The highest BCUT2D eigenvalue weighted by Gasteiger charge is 2.29. The number of fused-ring (bicyclic) bond motifs is 1. The van der Waals surface area contributed by atoms with Crippen LogP contribution in [0.25, 0.3) is 5.69 Å². The molecule has 2 aromatic carbocycles. The lowest BCUT2D eigenvalue weighted by Gasteiger charge is -2.13. The molecule has 0 bridgehead atoms. The molecule has 1 aliphatic rings. The van der Waals surface area contributed by atoms with E-state index in [0.29, 0.717) is 27.9 Å². The Morgan fingerprint density at radius 3 is 2.81 bits per heavy atom. The Kier molecular flexibility index (Phi) is 4.92. The minimum atomic E-state index is -0.997. The second-order valence-electron chi connectivity index (χ2n) is 6.28. The number of rotatable bonds is 3. The van der Waals surface area contributed by atoms with E-state index in [9.17, 15) is 9.00 Å². The van der Waals surface area contributed by atoms with Gasteiger partial charge in [0.05, 0.1) is 33.5 Å². The van der Waals surface area contributed by atoms with Gasteiger partial charge in [0.1, 0.15) is 5.82 Å². The lowest BCUT2D eigenvalue weighted by molar-refractivity contribution is 0.102. The number of nitrogens with one attached hydrogen (secondary N) is 1. The molecule has 3 aromatic rings. The first-order valence-electron chi connectivity index (χ1n) is 8.22. The number of benzene rings is 2. The number of aromatic nitrogens is 2. The third-order valence-electron chi connectivity index (χ3n) is 4.42. The quantitative estimate of drug-likeness (QED) is 0.615. The van der Waals surface area contributed by atoms with E-state index in [1.165, 1.54) is 0 Å². The van der Waals surface area contributed by atoms with E-state index in [2.05, 4.69) is 26.3 Å². The van der Waals surface area contributed by atoms with Crippen molar-refractivity contribution in [2.24, 2.45) is 0 Å². The predicted molar refractivity (Wildman–Crippen MR) is 111 cm³/mol. The number of hydrogen-bond acceptors (Lipinski definition) is 3. The number of hydrogen-bond donors (Lipinski definition) is 1. The molecule has 0 spiro atoms. The maximum Gasteiger partial charge on any atom is 0.258 e. The fraction of sp³-hybridized carbons (Fsp3) is 0.158. The maximum atomic E-state index is 12.9. The number of carbonyl (C=O) groups is 1. The van der Waals surface area contributed by atoms with Crippen LogP contribution in [-0.2, 0) is 22.3 Å². The summed E-state index contributed by atoms with van der Waals surface area (Å²) in [5.74, 6) is 0.986. The van der Waals surface area contributed by atoms with Gasteiger partial charge in [-0.05, 0) is 36.8 Å². The zero-order valence-corrected chi connectivity index (χ0v) is 17.5. The van der Waals surface area contributed by atoms with E-state index in [1.54, 1.807) is 22.9 Å². The first-order chi connectivity index (χ1) is 12.9. The molecule has 0 saturated carbocycles. The van der Waals surface area contributed by atoms with E-state index >= 15 is 0 Å². The highest BCUT2D eigenvalue weighted by molar-refractivity contribution is 9.10. The lowest BCUT2D eigenvalue weighted by Crippen LogP contribution is -2.17. The summed E-state index contributed by atoms with van der Waals surface area (Å²) in [4.78, 5) is 12.9. The summed E-state index contributed by atoms with van der Waals surface area (Å²) in [5.41, 5.74) is 3.82. The Labute approximate surface area is 172 Å². The Morgan fingerprint density at radius 1 is 1.26 bits per heavy atom. The average molecular weight is 465 g/mol. The minimum Gasteiger partial charge on any atom is -0.306 e. The third kappa shape index (κ3) is 3.47. The van der Waals surface area contributed by atoms with Crippen LogP contribution in [-0.4, -0.2) is 19.9 Å². The van der Waals surface area contributed by atoms with Crippen molar-refractivity contribution in [2.75, 3.05) is 5.32 Å². The van der Waals surface area contributed by atoms with Crippen molar-refractivity contribution >= 4 is 50.1 Å². The number of aryl methyl sites for hydroxylation is 1. The molecule has 27 heavy (non-hydrogen) atoms. The molecule has 0 saturated heterocycles. The largest absolute Gasteiger partial charge is 0.306 e. The van der Waals surface area contributed by atoms with Gasteiger partial charge in [0.15, 0.2) is 0 Å². The predicted octanol–water partition coefficient (Wildman–Crippen LogP) is 4.61. The van der Waals surface area contributed by atoms with Crippen molar-refractivity contribution < 1.29 is 9.00 Å². The van der Waals surface area contributed by atoms with Gasteiger partial charge in [-0.25, -0.2) is 4.68 Å². The van der Waals surface area contributed by atoms with Crippen LogP contribution < -0.4 is 5.32 Å². The van der Waals surface area contributed by atoms with Gasteiger partial charge in [0.2, 0.25) is 0 Å². The zero-order chi connectivity index (χ0) is 19.1. The van der Waals surface area contributed by atoms with Crippen molar-refractivity contribution in [1.82, 2.24) is 9.78 Å². The van der Waals surface area contributed by atoms with Gasteiger partial charge in [-0.2, -0.15) is 5.10 Å². The second-order valence-corrected chi connectivity index (χ2v) is 9.06. The third-order valence-corrected chi connectivity index (χ3v) is 6.45. The van der Waals surface area contributed by atoms with Gasteiger partial charge in [-0.15, -0.1) is 0 Å². The first kappa shape index (κ1) is 18.4. The molecule has 138 valence electrons. The van der Waals surface area contributed by atoms with Crippen molar-refractivity contribution in [1.29, 1.82) is 0 Å². The van der Waals surface area contributed by atoms with E-state index in [1.807, 2.05) is 31.2 Å². The Balaban J connectivity index is 1.80. The summed E-state index contributed by atoms with van der Waals surface area (Å²) in [6, 6.07) is 12.9. The molecule has 1 aromatic heterocycles. The highest BCUT2D eigenvalue weighted by atomic mass is 79.9. The van der Waals surface area contributed by atoms with Crippen LogP contribution in [0.5, 0.6) is 0 Å². The molecule has 2 heterocycles. The monoisotopic (exact) mass is 463 g/mol. The molecule has 1 amide bonds. The van der Waals surface area contributed by atoms with Gasteiger partial charge in [-0.3, -0.25) is 9.00 Å². The number of para-hydroxylation sites is 1. The average Bonchev–Trinajstić information content (AvgIpc) is 3.14. The van der Waals surface area contributed by atoms with Crippen molar-refractivity contribution in [3.63, 3.8) is 0 Å². The molecule has 4 rings (SSSR count). The van der Waals surface area contributed by atoms with Gasteiger partial charge in [-0.1, -0.05) is 45.7 Å². The van der Waals surface area contributed by atoms with Crippen molar-refractivity contribution in [3.8, 4) is 5.69 Å². The Bertz CT molecular complexity index is 1100. The van der Waals surface area contributed by atoms with Crippen LogP contribution in [0.1, 0.15) is 27.2 Å². The van der Waals surface area contributed by atoms with Gasteiger partial charge >= 0.3 is 0 Å². The molecule has 0 radical (unpaired) electrons. The SMILES string of the molecule is Cc1ccccc1-n1nc2c(c1NC(=O)c1cc(Br)ccc1Cl)C[S@](=O)C2. The number of nitrogens with zero attached hydrogens (tertiary/aromatic N) is 2. The molecular weight excluding hydrogens is 450 g/mol. The van der Waals surface area contributed by atoms with E-state index in [4.69, 9.17) is 11.6 Å². The smallest absolute Gasteiger partial charge is 0.258 e. The number of amides is 1. The maximum absolute atomic E-state index is 12.9. The summed E-state index contributed by atoms with van der Waals surface area (Å²) in [5, 5.41) is 7.93. The van der Waals surface area contributed by atoms with Crippen LogP contribution in [0, 0.1) is 6.92 Å². The minimum absolute atomic E-state index is 0.337. The number of anilines is 1. The molecule has 1 N–H and O–H groups in total. The normalized spacial score (nSPS) is 15.6. The van der Waals surface area contributed by atoms with Crippen molar-refractivity contribution in [3.05, 3.63) is 74.3 Å². The summed E-state index contributed by atoms with van der Waals surface area (Å²) in [6.07, 6.45) is 0. The summed E-state index contributed by atoms with van der Waals surface area (Å²) in [7, 11) is -0.997. The number of halogens is 2. The lowest BCUT2D eigenvalue weighted by atomic mass is 10.2. The van der Waals surface area contributed by atoms with Crippen molar-refractivity contribution in [2.45, 2.75) is 18.4 Å². The zero-order valence-electron chi connectivity index (χ0n) is 14.3. The summed E-state index contributed by atoms with van der Waals surface area (Å²) >= 11 is 9.57. The molecule has 8 heteroatoms. The second kappa shape index (κ2) is 7.22. The molecule has 1 atom stereocenters. The summed E-state index contributed by atoms with van der Waals surface area (Å²) < 4.78 is 14.5. The highest BCUT2D eigenvalue weighted by Crippen LogP contribution is 2.33. The fourth-order valence-corrected chi connectivity index (χ4v) is 4.91. The Hall–Kier alpha value is -1.96. The van der Waals surface area contributed by atoms with Gasteiger partial charge < -0.3 is 5.32 Å². The van der Waals surface area contributed by atoms with E-state index in [0.717, 1.165) is 27.0 Å². The molecule has 5 nitrogen and oxygen atoms in total.